The molecule has 0 saturated heterocycles. The van der Waals surface area contributed by atoms with Gasteiger partial charge in [0.25, 0.3) is 0 Å². The summed E-state index contributed by atoms with van der Waals surface area (Å²) in [6.45, 7) is 0. The predicted molar refractivity (Wildman–Crippen MR) is 57.8 cm³/mol. The average molecular weight is 263 g/mol. The second-order valence-electron chi connectivity index (χ2n) is 3.25. The normalized spacial score (nSPS) is 11.8. The van der Waals surface area contributed by atoms with Crippen LogP contribution in [0.1, 0.15) is 0 Å². The number of ether oxygens (including phenoxy) is 1. The lowest BCUT2D eigenvalue weighted by atomic mass is 10.2. The van der Waals surface area contributed by atoms with E-state index in [2.05, 4.69) is 9.72 Å². The van der Waals surface area contributed by atoms with Crippen molar-refractivity contribution in [1.29, 1.82) is 0 Å². The Bertz CT molecular complexity index is 571. The Morgan fingerprint density at radius 1 is 1.29 bits per heavy atom. The number of nitrogens with zero attached hydrogens (tertiary/aromatic N) is 1. The van der Waals surface area contributed by atoms with E-state index in [0.717, 1.165) is 12.1 Å². The zero-order chi connectivity index (χ0) is 12.6. The number of benzene rings is 1. The van der Waals surface area contributed by atoms with Gasteiger partial charge in [-0.2, -0.15) is 0 Å². The maximum absolute atomic E-state index is 12.0. The smallest absolute Gasteiger partial charge is 0.406 e. The topological polar surface area (TPSA) is 48.1 Å². The second-order valence-corrected chi connectivity index (χ2v) is 3.63. The minimum atomic E-state index is -4.74. The predicted octanol–water partition coefficient (Wildman–Crippen LogP) is 3.37. The standard InChI is InChI=1S/C10H6ClF3N2O/c11-9-6-3-5(17-10(12,13)14)1-2-8(6)16-4-7(9)15/h1-4H,15H2. The minimum Gasteiger partial charge on any atom is -0.406 e. The number of nitrogen functional groups attached to an aromatic ring is 1. The van der Waals surface area contributed by atoms with Crippen LogP contribution in [0.3, 0.4) is 0 Å². The van der Waals surface area contributed by atoms with Gasteiger partial charge in [-0.15, -0.1) is 13.2 Å². The molecule has 0 bridgehead atoms. The zero-order valence-corrected chi connectivity index (χ0v) is 9.01. The van der Waals surface area contributed by atoms with E-state index in [9.17, 15) is 13.2 Å². The van der Waals surface area contributed by atoms with E-state index >= 15 is 0 Å². The van der Waals surface area contributed by atoms with Crippen molar-refractivity contribution in [2.24, 2.45) is 0 Å². The Morgan fingerprint density at radius 2 is 2.00 bits per heavy atom. The van der Waals surface area contributed by atoms with E-state index < -0.39 is 6.36 Å². The Kier molecular flexibility index (Phi) is 2.74. The van der Waals surface area contributed by atoms with Crippen LogP contribution in [0.5, 0.6) is 5.75 Å². The van der Waals surface area contributed by atoms with Gasteiger partial charge >= 0.3 is 6.36 Å². The largest absolute Gasteiger partial charge is 0.573 e. The van der Waals surface area contributed by atoms with Gasteiger partial charge in [0.05, 0.1) is 22.4 Å². The fourth-order valence-corrected chi connectivity index (χ4v) is 1.55. The molecular formula is C10H6ClF3N2O. The molecule has 0 aliphatic rings. The fraction of sp³-hybridized carbons (Fsp3) is 0.100. The fourth-order valence-electron chi connectivity index (χ4n) is 1.35. The van der Waals surface area contributed by atoms with E-state index in [1.165, 1.54) is 12.3 Å². The molecule has 2 aromatic rings. The Hall–Kier alpha value is -1.69. The first kappa shape index (κ1) is 11.8. The molecule has 1 heterocycles. The lowest BCUT2D eigenvalue weighted by Gasteiger charge is -2.10. The molecule has 17 heavy (non-hydrogen) atoms. The van der Waals surface area contributed by atoms with Crippen LogP contribution in [0, 0.1) is 0 Å². The number of nitrogens with two attached hydrogens (primary N) is 1. The van der Waals surface area contributed by atoms with E-state index in [-0.39, 0.29) is 16.5 Å². The van der Waals surface area contributed by atoms with Crippen molar-refractivity contribution in [2.45, 2.75) is 6.36 Å². The van der Waals surface area contributed by atoms with Crippen LogP contribution in [0.2, 0.25) is 5.02 Å². The molecule has 2 rings (SSSR count). The average Bonchev–Trinajstić information content (AvgIpc) is 2.22. The summed E-state index contributed by atoms with van der Waals surface area (Å²) in [5.74, 6) is -0.362. The molecule has 0 aliphatic heterocycles. The SMILES string of the molecule is Nc1cnc2ccc(OC(F)(F)F)cc2c1Cl. The summed E-state index contributed by atoms with van der Waals surface area (Å²) in [5.41, 5.74) is 6.15. The molecule has 0 amide bonds. The van der Waals surface area contributed by atoms with Crippen molar-refractivity contribution in [2.75, 3.05) is 5.73 Å². The highest BCUT2D eigenvalue weighted by Gasteiger charge is 2.31. The third kappa shape index (κ3) is 2.52. The Labute approximate surface area is 99.0 Å². The van der Waals surface area contributed by atoms with Gasteiger partial charge in [-0.1, -0.05) is 11.6 Å². The van der Waals surface area contributed by atoms with E-state index in [1.807, 2.05) is 0 Å². The highest BCUT2D eigenvalue weighted by molar-refractivity contribution is 6.37. The van der Waals surface area contributed by atoms with Crippen LogP contribution in [0.25, 0.3) is 10.9 Å². The van der Waals surface area contributed by atoms with Crippen molar-refractivity contribution >= 4 is 28.2 Å². The van der Waals surface area contributed by atoms with Crippen molar-refractivity contribution < 1.29 is 17.9 Å². The molecule has 0 spiro atoms. The van der Waals surface area contributed by atoms with Crippen molar-refractivity contribution in [1.82, 2.24) is 4.98 Å². The molecule has 0 fully saturated rings. The Morgan fingerprint density at radius 3 is 2.65 bits per heavy atom. The number of rotatable bonds is 1. The van der Waals surface area contributed by atoms with Crippen LogP contribution in [0.4, 0.5) is 18.9 Å². The molecule has 0 unspecified atom stereocenters. The van der Waals surface area contributed by atoms with Crippen LogP contribution in [-0.4, -0.2) is 11.3 Å². The van der Waals surface area contributed by atoms with Crippen LogP contribution in [-0.2, 0) is 0 Å². The summed E-state index contributed by atoms with van der Waals surface area (Å²) in [5, 5.41) is 0.469. The summed E-state index contributed by atoms with van der Waals surface area (Å²) in [6, 6.07) is 3.69. The lowest BCUT2D eigenvalue weighted by Crippen LogP contribution is -2.17. The van der Waals surface area contributed by atoms with Crippen LogP contribution < -0.4 is 10.5 Å². The second kappa shape index (κ2) is 3.96. The molecule has 1 aromatic carbocycles. The van der Waals surface area contributed by atoms with Gasteiger partial charge in [-0.05, 0) is 18.2 Å². The maximum atomic E-state index is 12.0. The summed E-state index contributed by atoms with van der Waals surface area (Å²) in [7, 11) is 0. The third-order valence-electron chi connectivity index (χ3n) is 2.03. The van der Waals surface area contributed by atoms with E-state index in [0.29, 0.717) is 10.9 Å². The van der Waals surface area contributed by atoms with Gasteiger partial charge in [0, 0.05) is 5.39 Å². The van der Waals surface area contributed by atoms with Crippen LogP contribution in [0.15, 0.2) is 24.4 Å². The lowest BCUT2D eigenvalue weighted by molar-refractivity contribution is -0.274. The third-order valence-corrected chi connectivity index (χ3v) is 2.46. The number of aromatic nitrogens is 1. The summed E-state index contributed by atoms with van der Waals surface area (Å²) in [6.07, 6.45) is -3.40. The van der Waals surface area contributed by atoms with E-state index in [4.69, 9.17) is 17.3 Å². The molecule has 0 radical (unpaired) electrons. The number of fused-ring (bicyclic) bond motifs is 1. The zero-order valence-electron chi connectivity index (χ0n) is 8.25. The van der Waals surface area contributed by atoms with E-state index in [1.54, 1.807) is 0 Å². The van der Waals surface area contributed by atoms with Gasteiger partial charge in [-0.25, -0.2) is 0 Å². The number of pyridine rings is 1. The first-order valence-electron chi connectivity index (χ1n) is 4.46. The van der Waals surface area contributed by atoms with Crippen molar-refractivity contribution in [3.05, 3.63) is 29.4 Å². The summed E-state index contributed by atoms with van der Waals surface area (Å²) in [4.78, 5) is 3.93. The highest BCUT2D eigenvalue weighted by Crippen LogP contribution is 2.31. The molecule has 0 aliphatic carbocycles. The number of halogens is 4. The number of alkyl halides is 3. The highest BCUT2D eigenvalue weighted by atomic mass is 35.5. The summed E-state index contributed by atoms with van der Waals surface area (Å²) < 4.78 is 39.9. The van der Waals surface area contributed by atoms with Gasteiger partial charge in [-0.3, -0.25) is 4.98 Å². The molecule has 0 saturated carbocycles. The molecule has 3 nitrogen and oxygen atoms in total. The van der Waals surface area contributed by atoms with Gasteiger partial charge in [0.15, 0.2) is 0 Å². The van der Waals surface area contributed by atoms with Gasteiger partial charge < -0.3 is 10.5 Å². The molecule has 1 aromatic heterocycles. The first-order valence-corrected chi connectivity index (χ1v) is 4.84. The molecule has 0 atom stereocenters. The first-order chi connectivity index (χ1) is 7.87. The minimum absolute atomic E-state index is 0.155. The maximum Gasteiger partial charge on any atom is 0.573 e. The van der Waals surface area contributed by atoms with Crippen molar-refractivity contribution in [3.63, 3.8) is 0 Å². The summed E-state index contributed by atoms with van der Waals surface area (Å²) >= 11 is 5.87. The van der Waals surface area contributed by atoms with Crippen LogP contribution >= 0.6 is 11.6 Å². The molecule has 2 N–H and O–H groups in total. The molecular weight excluding hydrogens is 257 g/mol. The van der Waals surface area contributed by atoms with Crippen molar-refractivity contribution in [3.8, 4) is 5.75 Å². The quantitative estimate of drug-likeness (QED) is 0.857. The number of hydrogen-bond donors (Lipinski definition) is 1. The Balaban J connectivity index is 2.53. The molecule has 90 valence electrons. The number of hydrogen-bond acceptors (Lipinski definition) is 3. The van der Waals surface area contributed by atoms with Gasteiger partial charge in [0.2, 0.25) is 0 Å². The number of anilines is 1. The monoisotopic (exact) mass is 262 g/mol. The van der Waals surface area contributed by atoms with Gasteiger partial charge in [0.1, 0.15) is 5.75 Å². The molecule has 7 heteroatoms.